The van der Waals surface area contributed by atoms with Crippen LogP contribution in [-0.2, 0) is 31.7 Å². The van der Waals surface area contributed by atoms with Gasteiger partial charge in [-0.3, -0.25) is 0 Å². The maximum Gasteiger partial charge on any atom is 0.331 e. The van der Waals surface area contributed by atoms with E-state index in [1.165, 1.54) is 0 Å². The highest BCUT2D eigenvalue weighted by molar-refractivity contribution is 7.90. The van der Waals surface area contributed by atoms with Crippen LogP contribution in [0, 0.1) is 0 Å². The number of hydrogen-bond acceptors (Lipinski definition) is 6. The van der Waals surface area contributed by atoms with Gasteiger partial charge >= 0.3 is 5.97 Å². The minimum Gasteiger partial charge on any atom is -0.459 e. The number of hydrogen-bond donors (Lipinski definition) is 0. The summed E-state index contributed by atoms with van der Waals surface area (Å²) in [6.45, 7) is 1.76. The Hall–Kier alpha value is -3.71. The van der Waals surface area contributed by atoms with Crippen LogP contribution < -0.4 is 5.55 Å². The third-order valence-electron chi connectivity index (χ3n) is 5.05. The third-order valence-corrected chi connectivity index (χ3v) is 6.70. The molecule has 168 valence electrons. The van der Waals surface area contributed by atoms with Crippen LogP contribution in [0.2, 0.25) is 0 Å². The van der Waals surface area contributed by atoms with Crippen LogP contribution in [0.1, 0.15) is 18.2 Å². The normalized spacial score (nSPS) is 13.1. The molecule has 1 heterocycles. The fourth-order valence-corrected chi connectivity index (χ4v) is 4.60. The Morgan fingerprint density at radius 2 is 1.58 bits per heavy atom. The Balaban J connectivity index is 1.63. The molecule has 0 N–H and O–H groups in total. The predicted molar refractivity (Wildman–Crippen MR) is 125 cm³/mol. The summed E-state index contributed by atoms with van der Waals surface area (Å²) in [5, 5.41) is 1.45. The SMILES string of the molecule is C[C@H](N=c1oc(CS(=O)(=O)c2ccccc2)cc2ccccc12)C(=O)OCc1ccccc1. The minimum atomic E-state index is -3.61. The monoisotopic (exact) mass is 461 g/mol. The van der Waals surface area contributed by atoms with Gasteiger partial charge in [-0.15, -0.1) is 0 Å². The highest BCUT2D eigenvalue weighted by atomic mass is 32.2. The van der Waals surface area contributed by atoms with Gasteiger partial charge in [-0.05, 0) is 42.1 Å². The van der Waals surface area contributed by atoms with Crippen molar-refractivity contribution in [3.63, 3.8) is 0 Å². The number of rotatable bonds is 7. The Morgan fingerprint density at radius 1 is 0.939 bits per heavy atom. The molecule has 4 rings (SSSR count). The fourth-order valence-electron chi connectivity index (χ4n) is 3.34. The van der Waals surface area contributed by atoms with Crippen LogP contribution in [0.3, 0.4) is 0 Å². The van der Waals surface area contributed by atoms with Gasteiger partial charge in [0.15, 0.2) is 9.84 Å². The summed E-state index contributed by atoms with van der Waals surface area (Å²) in [5.74, 6) is -0.585. The summed E-state index contributed by atoms with van der Waals surface area (Å²) in [4.78, 5) is 17.1. The molecular formula is C26H23NO5S. The van der Waals surface area contributed by atoms with Gasteiger partial charge in [0.1, 0.15) is 24.2 Å². The second-order valence-electron chi connectivity index (χ2n) is 7.58. The highest BCUT2D eigenvalue weighted by Crippen LogP contribution is 2.19. The van der Waals surface area contributed by atoms with E-state index in [4.69, 9.17) is 9.15 Å². The molecule has 0 bridgehead atoms. The maximum atomic E-state index is 12.8. The molecule has 1 aromatic heterocycles. The summed E-state index contributed by atoms with van der Waals surface area (Å²) in [6.07, 6.45) is 0. The van der Waals surface area contributed by atoms with Crippen molar-refractivity contribution < 1.29 is 22.4 Å². The molecule has 0 saturated carbocycles. The molecule has 0 aliphatic rings. The average molecular weight is 462 g/mol. The quantitative estimate of drug-likeness (QED) is 0.380. The molecule has 33 heavy (non-hydrogen) atoms. The van der Waals surface area contributed by atoms with Gasteiger partial charge in [0.25, 0.3) is 0 Å². The molecule has 0 amide bonds. The molecule has 0 aliphatic heterocycles. The molecule has 4 aromatic rings. The Morgan fingerprint density at radius 3 is 2.30 bits per heavy atom. The number of carbonyl (C=O) groups is 1. The molecule has 0 unspecified atom stereocenters. The summed E-state index contributed by atoms with van der Waals surface area (Å²) in [5.41, 5.74) is 1.07. The lowest BCUT2D eigenvalue weighted by atomic mass is 10.1. The smallest absolute Gasteiger partial charge is 0.331 e. The minimum absolute atomic E-state index is 0.146. The van der Waals surface area contributed by atoms with Crippen molar-refractivity contribution in [2.24, 2.45) is 4.99 Å². The van der Waals surface area contributed by atoms with E-state index >= 15 is 0 Å². The van der Waals surface area contributed by atoms with Crippen molar-refractivity contribution in [2.45, 2.75) is 30.2 Å². The number of benzene rings is 3. The van der Waals surface area contributed by atoms with Crippen LogP contribution >= 0.6 is 0 Å². The van der Waals surface area contributed by atoms with Crippen LogP contribution in [0.25, 0.3) is 10.8 Å². The standard InChI is InChI=1S/C26H23NO5S/c1-19(26(28)31-17-20-10-4-2-5-11-20)27-25-24-15-9-8-12-21(24)16-22(32-25)18-33(29,30)23-13-6-3-7-14-23/h2-16,19H,17-18H2,1H3/t19-/m0/s1. The lowest BCUT2D eigenvalue weighted by Crippen LogP contribution is -2.22. The molecule has 1 atom stereocenters. The van der Waals surface area contributed by atoms with Crippen molar-refractivity contribution in [2.75, 3.05) is 0 Å². The van der Waals surface area contributed by atoms with Crippen LogP contribution in [0.15, 0.2) is 105 Å². The fraction of sp³-hybridized carbons (Fsp3) is 0.154. The number of carbonyl (C=O) groups excluding carboxylic acids is 1. The zero-order valence-electron chi connectivity index (χ0n) is 18.0. The first-order valence-electron chi connectivity index (χ1n) is 10.5. The van der Waals surface area contributed by atoms with Crippen molar-refractivity contribution in [3.05, 3.63) is 108 Å². The lowest BCUT2D eigenvalue weighted by molar-refractivity contribution is -0.146. The van der Waals surface area contributed by atoms with Crippen LogP contribution in [0.5, 0.6) is 0 Å². The molecule has 7 heteroatoms. The Bertz CT molecular complexity index is 1430. The number of nitrogens with zero attached hydrogens (tertiary/aromatic N) is 1. The topological polar surface area (TPSA) is 85.9 Å². The van der Waals surface area contributed by atoms with Crippen molar-refractivity contribution in [1.82, 2.24) is 0 Å². The number of fused-ring (bicyclic) bond motifs is 1. The van der Waals surface area contributed by atoms with Gasteiger partial charge < -0.3 is 9.15 Å². The van der Waals surface area contributed by atoms with Crippen molar-refractivity contribution in [1.29, 1.82) is 0 Å². The molecule has 0 radical (unpaired) electrons. The predicted octanol–water partition coefficient (Wildman–Crippen LogP) is 4.44. The molecule has 0 fully saturated rings. The number of ether oxygens (including phenoxy) is 1. The Kier molecular flexibility index (Phi) is 6.70. The van der Waals surface area contributed by atoms with Gasteiger partial charge in [-0.1, -0.05) is 66.7 Å². The molecule has 0 aliphatic carbocycles. The number of sulfone groups is 1. The molecule has 3 aromatic carbocycles. The van der Waals surface area contributed by atoms with E-state index < -0.39 is 21.8 Å². The second kappa shape index (κ2) is 9.83. The molecular weight excluding hydrogens is 438 g/mol. The van der Waals surface area contributed by atoms with Crippen LogP contribution in [0.4, 0.5) is 0 Å². The van der Waals surface area contributed by atoms with E-state index in [1.807, 2.05) is 54.6 Å². The van der Waals surface area contributed by atoms with E-state index in [1.54, 1.807) is 43.3 Å². The van der Waals surface area contributed by atoms with E-state index in [-0.39, 0.29) is 28.6 Å². The van der Waals surface area contributed by atoms with Gasteiger partial charge in [0, 0.05) is 5.39 Å². The summed E-state index contributed by atoms with van der Waals surface area (Å²) in [7, 11) is -3.61. The first kappa shape index (κ1) is 22.5. The van der Waals surface area contributed by atoms with Gasteiger partial charge in [-0.25, -0.2) is 18.2 Å². The maximum absolute atomic E-state index is 12.8. The van der Waals surface area contributed by atoms with Gasteiger partial charge in [-0.2, -0.15) is 0 Å². The summed E-state index contributed by atoms with van der Waals surface area (Å²) >= 11 is 0. The second-order valence-corrected chi connectivity index (χ2v) is 9.57. The van der Waals surface area contributed by atoms with Crippen LogP contribution in [-0.4, -0.2) is 20.4 Å². The molecule has 6 nitrogen and oxygen atoms in total. The largest absolute Gasteiger partial charge is 0.459 e. The molecule has 0 spiro atoms. The van der Waals surface area contributed by atoms with Crippen molar-refractivity contribution >= 4 is 26.6 Å². The first-order chi connectivity index (χ1) is 15.9. The third kappa shape index (κ3) is 5.56. The zero-order valence-corrected chi connectivity index (χ0v) is 18.9. The van der Waals surface area contributed by atoms with E-state index in [0.717, 1.165) is 10.9 Å². The van der Waals surface area contributed by atoms with E-state index in [2.05, 4.69) is 4.99 Å². The number of esters is 1. The summed E-state index contributed by atoms with van der Waals surface area (Å²) in [6, 6.07) is 25.8. The summed E-state index contributed by atoms with van der Waals surface area (Å²) < 4.78 is 36.9. The zero-order chi connectivity index (χ0) is 23.3. The van der Waals surface area contributed by atoms with Gasteiger partial charge in [0.05, 0.1) is 4.90 Å². The average Bonchev–Trinajstić information content (AvgIpc) is 2.83. The first-order valence-corrected chi connectivity index (χ1v) is 12.1. The highest BCUT2D eigenvalue weighted by Gasteiger charge is 2.18. The van der Waals surface area contributed by atoms with Gasteiger partial charge in [0.2, 0.25) is 5.55 Å². The van der Waals surface area contributed by atoms with E-state index in [9.17, 15) is 13.2 Å². The Labute approximate surface area is 192 Å². The molecule has 0 saturated heterocycles. The van der Waals surface area contributed by atoms with Crippen molar-refractivity contribution in [3.8, 4) is 0 Å². The lowest BCUT2D eigenvalue weighted by Gasteiger charge is -2.09. The van der Waals surface area contributed by atoms with E-state index in [0.29, 0.717) is 5.39 Å².